The van der Waals surface area contributed by atoms with Crippen LogP contribution in [0.1, 0.15) is 5.56 Å². The molecule has 1 nitrogen and oxygen atoms in total. The van der Waals surface area contributed by atoms with Crippen molar-refractivity contribution in [1.29, 1.82) is 0 Å². The van der Waals surface area contributed by atoms with E-state index in [1.807, 2.05) is 30.2 Å². The van der Waals surface area contributed by atoms with E-state index in [-0.39, 0.29) is 0 Å². The van der Waals surface area contributed by atoms with Gasteiger partial charge in [0.05, 0.1) is 7.11 Å². The zero-order chi connectivity index (χ0) is 12.3. The van der Waals surface area contributed by atoms with E-state index in [1.54, 1.807) is 19.2 Å². The molecule has 0 unspecified atom stereocenters. The summed E-state index contributed by atoms with van der Waals surface area (Å²) in [4.78, 5) is 0. The molecule has 0 saturated carbocycles. The average molecular weight is 232 g/mol. The fourth-order valence-corrected chi connectivity index (χ4v) is 1.57. The molecule has 86 valence electrons. The lowest BCUT2D eigenvalue weighted by Gasteiger charge is -2.02. The molecule has 0 saturated heterocycles. The van der Waals surface area contributed by atoms with Gasteiger partial charge in [-0.05, 0) is 41.0 Å². The molecule has 0 spiro atoms. The number of fused-ring (bicyclic) bond motifs is 1. The van der Waals surface area contributed by atoms with Gasteiger partial charge in [0.15, 0.2) is 0 Å². The number of rotatable bonds is 1. The van der Waals surface area contributed by atoms with Crippen molar-refractivity contribution in [3.05, 3.63) is 42.0 Å². The smallest absolute Gasteiger partial charge is 0.299 e. The summed E-state index contributed by atoms with van der Waals surface area (Å²) in [7, 11) is 1.60. The van der Waals surface area contributed by atoms with E-state index in [2.05, 4.69) is 5.92 Å². The molecular weight excluding hydrogens is 222 g/mol. The quantitative estimate of drug-likeness (QED) is 0.684. The van der Waals surface area contributed by atoms with Gasteiger partial charge >= 0.3 is 0 Å². The Bertz CT molecular complexity index is 594. The lowest BCUT2D eigenvalue weighted by molar-refractivity contribution is 0.215. The van der Waals surface area contributed by atoms with Crippen LogP contribution in [-0.2, 0) is 0 Å². The number of hydrogen-bond acceptors (Lipinski definition) is 1. The number of hydrogen-bond donors (Lipinski definition) is 0. The first-order chi connectivity index (χ1) is 8.19. The SMILES string of the molecule is COc1ccc2cc(C#CC(F)F)ccc2c1. The number of methoxy groups -OCH3 is 1. The van der Waals surface area contributed by atoms with Gasteiger partial charge in [0.2, 0.25) is 0 Å². The van der Waals surface area contributed by atoms with Gasteiger partial charge < -0.3 is 4.74 Å². The molecule has 0 aliphatic rings. The highest BCUT2D eigenvalue weighted by molar-refractivity contribution is 5.85. The number of halogens is 2. The number of benzene rings is 2. The molecule has 0 bridgehead atoms. The fourth-order valence-electron chi connectivity index (χ4n) is 1.57. The normalized spacial score (nSPS) is 10.1. The Hall–Kier alpha value is -2.08. The van der Waals surface area contributed by atoms with Crippen molar-refractivity contribution < 1.29 is 13.5 Å². The molecule has 0 aliphatic carbocycles. The van der Waals surface area contributed by atoms with Crippen LogP contribution in [0.4, 0.5) is 8.78 Å². The summed E-state index contributed by atoms with van der Waals surface area (Å²) in [6.07, 6.45) is -2.60. The van der Waals surface area contributed by atoms with Crippen LogP contribution >= 0.6 is 0 Å². The highest BCUT2D eigenvalue weighted by atomic mass is 19.3. The predicted molar refractivity (Wildman–Crippen MR) is 63.4 cm³/mol. The van der Waals surface area contributed by atoms with Crippen molar-refractivity contribution in [2.75, 3.05) is 7.11 Å². The third kappa shape index (κ3) is 2.73. The van der Waals surface area contributed by atoms with E-state index in [1.165, 1.54) is 0 Å². The first-order valence-electron chi connectivity index (χ1n) is 5.06. The van der Waals surface area contributed by atoms with E-state index in [0.717, 1.165) is 16.5 Å². The van der Waals surface area contributed by atoms with Crippen LogP contribution in [0.25, 0.3) is 10.8 Å². The Kier molecular flexibility index (Phi) is 3.24. The summed E-state index contributed by atoms with van der Waals surface area (Å²) in [5.74, 6) is 5.04. The fraction of sp³-hybridized carbons (Fsp3) is 0.143. The predicted octanol–water partition coefficient (Wildman–Crippen LogP) is 3.47. The molecular formula is C14H10F2O. The third-order valence-electron chi connectivity index (χ3n) is 2.37. The first-order valence-corrected chi connectivity index (χ1v) is 5.06. The van der Waals surface area contributed by atoms with Crippen molar-refractivity contribution in [3.8, 4) is 17.6 Å². The minimum atomic E-state index is -2.60. The zero-order valence-electron chi connectivity index (χ0n) is 9.21. The van der Waals surface area contributed by atoms with E-state index < -0.39 is 6.43 Å². The standard InChI is InChI=1S/C14H10F2O/c1-17-13-6-5-11-8-10(3-7-14(15)16)2-4-12(11)9-13/h2,4-6,8-9,14H,1H3. The molecule has 0 N–H and O–H groups in total. The van der Waals surface area contributed by atoms with Crippen molar-refractivity contribution in [3.63, 3.8) is 0 Å². The third-order valence-corrected chi connectivity index (χ3v) is 2.37. The second-order valence-electron chi connectivity index (χ2n) is 3.50. The van der Waals surface area contributed by atoms with Crippen LogP contribution in [-0.4, -0.2) is 13.5 Å². The average Bonchev–Trinajstić information content (AvgIpc) is 2.35. The van der Waals surface area contributed by atoms with E-state index in [9.17, 15) is 8.78 Å². The molecule has 0 heterocycles. The highest BCUT2D eigenvalue weighted by Gasteiger charge is 1.98. The van der Waals surface area contributed by atoms with Crippen molar-refractivity contribution in [2.45, 2.75) is 6.43 Å². The highest BCUT2D eigenvalue weighted by Crippen LogP contribution is 2.21. The summed E-state index contributed by atoms with van der Waals surface area (Å²) < 4.78 is 29.0. The van der Waals surface area contributed by atoms with E-state index >= 15 is 0 Å². The van der Waals surface area contributed by atoms with Gasteiger partial charge in [0.1, 0.15) is 5.75 Å². The molecule has 2 aromatic carbocycles. The lowest BCUT2D eigenvalue weighted by Crippen LogP contribution is -1.84. The van der Waals surface area contributed by atoms with Crippen LogP contribution in [0.15, 0.2) is 36.4 Å². The first kappa shape index (κ1) is 11.4. The maximum Gasteiger partial charge on any atom is 0.299 e. The van der Waals surface area contributed by atoms with E-state index in [0.29, 0.717) is 5.56 Å². The Morgan fingerprint density at radius 2 is 1.76 bits per heavy atom. The minimum Gasteiger partial charge on any atom is -0.497 e. The molecule has 2 rings (SSSR count). The van der Waals surface area contributed by atoms with Gasteiger partial charge in [-0.1, -0.05) is 18.1 Å². The molecule has 17 heavy (non-hydrogen) atoms. The maximum atomic E-state index is 11.9. The Balaban J connectivity index is 2.42. The Morgan fingerprint density at radius 1 is 1.06 bits per heavy atom. The summed E-state index contributed by atoms with van der Waals surface area (Å²) >= 11 is 0. The van der Waals surface area contributed by atoms with Crippen molar-refractivity contribution in [1.82, 2.24) is 0 Å². The van der Waals surface area contributed by atoms with Gasteiger partial charge in [-0.3, -0.25) is 0 Å². The van der Waals surface area contributed by atoms with Crippen LogP contribution in [0, 0.1) is 11.8 Å². The summed E-state index contributed by atoms with van der Waals surface area (Å²) in [6.45, 7) is 0. The molecule has 0 radical (unpaired) electrons. The summed E-state index contributed by atoms with van der Waals surface area (Å²) in [5, 5.41) is 1.94. The molecule has 0 aliphatic heterocycles. The summed E-state index contributed by atoms with van der Waals surface area (Å²) in [6, 6.07) is 10.9. The molecule has 0 fully saturated rings. The van der Waals surface area contributed by atoms with Gasteiger partial charge in [0, 0.05) is 5.56 Å². The Labute approximate surface area is 98.0 Å². The second kappa shape index (κ2) is 4.84. The monoisotopic (exact) mass is 232 g/mol. The lowest BCUT2D eigenvalue weighted by atomic mass is 10.1. The molecule has 2 aromatic rings. The van der Waals surface area contributed by atoms with Crippen LogP contribution in [0.5, 0.6) is 5.75 Å². The maximum absolute atomic E-state index is 11.9. The minimum absolute atomic E-state index is 0.586. The molecule has 0 atom stereocenters. The Morgan fingerprint density at radius 3 is 2.47 bits per heavy atom. The van der Waals surface area contributed by atoms with Crippen LogP contribution in [0.3, 0.4) is 0 Å². The van der Waals surface area contributed by atoms with Crippen molar-refractivity contribution >= 4 is 10.8 Å². The van der Waals surface area contributed by atoms with Gasteiger partial charge in [-0.2, -0.15) is 8.78 Å². The van der Waals surface area contributed by atoms with Crippen LogP contribution in [0.2, 0.25) is 0 Å². The van der Waals surface area contributed by atoms with Crippen LogP contribution < -0.4 is 4.74 Å². The van der Waals surface area contributed by atoms with Gasteiger partial charge in [-0.25, -0.2) is 0 Å². The second-order valence-corrected chi connectivity index (χ2v) is 3.50. The van der Waals surface area contributed by atoms with Gasteiger partial charge in [-0.15, -0.1) is 0 Å². The molecule has 0 amide bonds. The molecule has 0 aromatic heterocycles. The molecule has 3 heteroatoms. The number of ether oxygens (including phenoxy) is 1. The largest absolute Gasteiger partial charge is 0.497 e. The van der Waals surface area contributed by atoms with E-state index in [4.69, 9.17) is 4.74 Å². The topological polar surface area (TPSA) is 9.23 Å². The zero-order valence-corrected chi connectivity index (χ0v) is 9.21. The van der Waals surface area contributed by atoms with Gasteiger partial charge in [0.25, 0.3) is 6.43 Å². The summed E-state index contributed by atoms with van der Waals surface area (Å²) in [5.41, 5.74) is 0.586. The van der Waals surface area contributed by atoms with Crippen molar-refractivity contribution in [2.24, 2.45) is 0 Å². The number of alkyl halides is 2.